The molecule has 4 heteroatoms. The van der Waals surface area contributed by atoms with Gasteiger partial charge in [-0.05, 0) is 19.1 Å². The van der Waals surface area contributed by atoms with E-state index in [1.165, 1.54) is 12.1 Å². The summed E-state index contributed by atoms with van der Waals surface area (Å²) in [5.74, 6) is -0.416. The Hall–Kier alpha value is -1.16. The highest BCUT2D eigenvalue weighted by atomic mass is 32.2. The van der Waals surface area contributed by atoms with E-state index in [9.17, 15) is 4.39 Å². The van der Waals surface area contributed by atoms with Crippen molar-refractivity contribution >= 4 is 21.8 Å². The fourth-order valence-electron chi connectivity index (χ4n) is 0.853. The van der Waals surface area contributed by atoms with E-state index >= 15 is 0 Å². The monoisotopic (exact) mass is 196 g/mol. The van der Waals surface area contributed by atoms with Crippen LogP contribution in [0.15, 0.2) is 24.3 Å². The first-order valence-corrected chi connectivity index (χ1v) is 4.49. The van der Waals surface area contributed by atoms with E-state index in [0.29, 0.717) is 0 Å². The van der Waals surface area contributed by atoms with E-state index < -0.39 is 5.82 Å². The summed E-state index contributed by atoms with van der Waals surface area (Å²) < 4.78 is 13.1. The van der Waals surface area contributed by atoms with Gasteiger partial charge in [0.25, 0.3) is 0 Å². The van der Waals surface area contributed by atoms with Gasteiger partial charge in [0.2, 0.25) is 0 Å². The normalized spacial score (nSPS) is 9.69. The minimum absolute atomic E-state index is 0.0746. The quantitative estimate of drug-likeness (QED) is 0.526. The largest absolute Gasteiger partial charge is 0.298 e. The maximum absolute atomic E-state index is 13.1. The van der Waals surface area contributed by atoms with Crippen molar-refractivity contribution in [2.75, 3.05) is 0 Å². The summed E-state index contributed by atoms with van der Waals surface area (Å²) in [4.78, 5) is 0. The molecule has 0 saturated carbocycles. The summed E-state index contributed by atoms with van der Waals surface area (Å²) in [7, 11) is 0. The molecule has 2 N–H and O–H groups in total. The van der Waals surface area contributed by atoms with Gasteiger partial charge in [-0.25, -0.2) is 4.39 Å². The summed E-state index contributed by atoms with van der Waals surface area (Å²) in [6, 6.07) is 6.10. The molecule has 2 nitrogen and oxygen atoms in total. The third kappa shape index (κ3) is 2.66. The summed E-state index contributed by atoms with van der Waals surface area (Å²) in [5.41, 5.74) is 0.249. The Labute approximate surface area is 80.2 Å². The first-order chi connectivity index (χ1) is 6.11. The predicted octanol–water partition coefficient (Wildman–Crippen LogP) is 2.88. The zero-order chi connectivity index (χ0) is 9.84. The van der Waals surface area contributed by atoms with Crippen LogP contribution in [-0.4, -0.2) is 10.1 Å². The molecule has 13 heavy (non-hydrogen) atoms. The van der Waals surface area contributed by atoms with E-state index in [2.05, 4.69) is 0 Å². The average Bonchev–Trinajstić information content (AvgIpc) is 2.03. The third-order valence-corrected chi connectivity index (χ3v) is 2.10. The van der Waals surface area contributed by atoms with E-state index in [4.69, 9.17) is 10.8 Å². The fraction of sp³-hybridized carbons (Fsp3) is 0.111. The van der Waals surface area contributed by atoms with Gasteiger partial charge in [0, 0.05) is 5.56 Å². The Morgan fingerprint density at radius 3 is 2.46 bits per heavy atom. The molecule has 1 aromatic rings. The van der Waals surface area contributed by atoms with Crippen molar-refractivity contribution in [3.63, 3.8) is 0 Å². The molecule has 0 unspecified atom stereocenters. The summed E-state index contributed by atoms with van der Waals surface area (Å²) in [5, 5.41) is 15.0. The van der Waals surface area contributed by atoms with Crippen LogP contribution in [0.3, 0.4) is 0 Å². The fourth-order valence-corrected chi connectivity index (χ4v) is 1.44. The second-order valence-corrected chi connectivity index (χ2v) is 3.69. The molecule has 1 aromatic carbocycles. The molecular weight excluding hydrogens is 187 g/mol. The Kier molecular flexibility index (Phi) is 3.19. The van der Waals surface area contributed by atoms with Crippen LogP contribution in [0.1, 0.15) is 12.5 Å². The molecule has 0 radical (unpaired) electrons. The first kappa shape index (κ1) is 9.92. The van der Waals surface area contributed by atoms with Crippen LogP contribution in [0.4, 0.5) is 4.39 Å². The first-order valence-electron chi connectivity index (χ1n) is 3.67. The van der Waals surface area contributed by atoms with E-state index in [1.54, 1.807) is 19.1 Å². The second kappa shape index (κ2) is 4.18. The van der Waals surface area contributed by atoms with Crippen molar-refractivity contribution in [2.45, 2.75) is 6.92 Å². The lowest BCUT2D eigenvalue weighted by Gasteiger charge is -2.02. The van der Waals surface area contributed by atoms with Gasteiger partial charge < -0.3 is 0 Å². The molecule has 0 aliphatic carbocycles. The number of hydrogen-bond donors (Lipinski definition) is 2. The maximum atomic E-state index is 13.1. The van der Waals surface area contributed by atoms with Crippen molar-refractivity contribution < 1.29 is 4.39 Å². The maximum Gasteiger partial charge on any atom is 0.133 e. The van der Waals surface area contributed by atoms with E-state index in [-0.39, 0.29) is 15.7 Å². The number of benzene rings is 1. The van der Waals surface area contributed by atoms with Crippen LogP contribution in [0.5, 0.6) is 0 Å². The van der Waals surface area contributed by atoms with E-state index in [0.717, 1.165) is 11.8 Å². The van der Waals surface area contributed by atoms with Crippen LogP contribution >= 0.6 is 11.8 Å². The molecule has 0 aromatic heterocycles. The molecule has 0 heterocycles. The zero-order valence-corrected chi connectivity index (χ0v) is 7.91. The lowest BCUT2D eigenvalue weighted by Crippen LogP contribution is -1.99. The second-order valence-electron chi connectivity index (χ2n) is 2.47. The van der Waals surface area contributed by atoms with Gasteiger partial charge in [0.15, 0.2) is 0 Å². The average molecular weight is 196 g/mol. The molecule has 0 bridgehead atoms. The van der Waals surface area contributed by atoms with Crippen molar-refractivity contribution in [3.8, 4) is 0 Å². The van der Waals surface area contributed by atoms with Crippen LogP contribution in [-0.2, 0) is 0 Å². The third-order valence-electron chi connectivity index (χ3n) is 1.37. The number of rotatable bonds is 1. The summed E-state index contributed by atoms with van der Waals surface area (Å²) in [6.45, 7) is 1.57. The Balaban J connectivity index is 2.89. The highest BCUT2D eigenvalue weighted by Gasteiger charge is 2.07. The molecule has 0 aliphatic rings. The van der Waals surface area contributed by atoms with Gasteiger partial charge in [-0.3, -0.25) is 10.8 Å². The molecule has 68 valence electrons. The van der Waals surface area contributed by atoms with Crippen molar-refractivity contribution in [1.82, 2.24) is 0 Å². The highest BCUT2D eigenvalue weighted by molar-refractivity contribution is 8.26. The number of thioether (sulfide) groups is 1. The number of nitrogens with one attached hydrogen (secondary N) is 2. The van der Waals surface area contributed by atoms with Crippen molar-refractivity contribution in [3.05, 3.63) is 35.6 Å². The van der Waals surface area contributed by atoms with Crippen LogP contribution in [0, 0.1) is 16.6 Å². The molecule has 0 spiro atoms. The summed E-state index contributed by atoms with van der Waals surface area (Å²) >= 11 is 0.948. The van der Waals surface area contributed by atoms with Gasteiger partial charge in [0.1, 0.15) is 10.9 Å². The van der Waals surface area contributed by atoms with Crippen molar-refractivity contribution in [1.29, 1.82) is 10.8 Å². The van der Waals surface area contributed by atoms with Gasteiger partial charge in [-0.1, -0.05) is 23.9 Å². The lowest BCUT2D eigenvalue weighted by atomic mass is 10.2. The van der Waals surface area contributed by atoms with Gasteiger partial charge in [0.05, 0.1) is 5.04 Å². The van der Waals surface area contributed by atoms with Crippen LogP contribution in [0.25, 0.3) is 0 Å². The predicted molar refractivity (Wildman–Crippen MR) is 54.2 cm³/mol. The van der Waals surface area contributed by atoms with Gasteiger partial charge in [-0.15, -0.1) is 0 Å². The minimum atomic E-state index is -0.416. The Bertz CT molecular complexity index is 349. The number of hydrogen-bond acceptors (Lipinski definition) is 3. The molecule has 0 amide bonds. The molecule has 0 aliphatic heterocycles. The molecule has 0 atom stereocenters. The molecule has 0 saturated heterocycles. The standard InChI is InChI=1S/C9H9FN2S/c1-6(11)13-9(12)7-4-2-3-5-8(7)10/h2-5,11-12H,1H3. The van der Waals surface area contributed by atoms with Crippen LogP contribution in [0.2, 0.25) is 0 Å². The molecule has 0 fully saturated rings. The van der Waals surface area contributed by atoms with Gasteiger partial charge in [-0.2, -0.15) is 0 Å². The Morgan fingerprint density at radius 1 is 1.31 bits per heavy atom. The minimum Gasteiger partial charge on any atom is -0.298 e. The molecule has 1 rings (SSSR count). The number of halogens is 1. The van der Waals surface area contributed by atoms with E-state index in [1.807, 2.05) is 0 Å². The smallest absolute Gasteiger partial charge is 0.133 e. The lowest BCUT2D eigenvalue weighted by molar-refractivity contribution is 0.625. The zero-order valence-electron chi connectivity index (χ0n) is 7.10. The highest BCUT2D eigenvalue weighted by Crippen LogP contribution is 2.15. The SMILES string of the molecule is CC(=N)SC(=N)c1ccccc1F. The molecular formula is C9H9FN2S. The van der Waals surface area contributed by atoms with Gasteiger partial charge >= 0.3 is 0 Å². The Morgan fingerprint density at radius 2 is 1.92 bits per heavy atom. The summed E-state index contributed by atoms with van der Waals surface area (Å²) in [6.07, 6.45) is 0. The topological polar surface area (TPSA) is 47.7 Å². The van der Waals surface area contributed by atoms with Crippen LogP contribution < -0.4 is 0 Å². The van der Waals surface area contributed by atoms with Crippen molar-refractivity contribution in [2.24, 2.45) is 0 Å².